The van der Waals surface area contributed by atoms with Gasteiger partial charge in [0.2, 0.25) is 0 Å². The third kappa shape index (κ3) is 3.94. The highest BCUT2D eigenvalue weighted by molar-refractivity contribution is 5.95. The van der Waals surface area contributed by atoms with Crippen LogP contribution >= 0.6 is 0 Å². The van der Waals surface area contributed by atoms with Gasteiger partial charge in [-0.25, -0.2) is 0 Å². The van der Waals surface area contributed by atoms with Crippen molar-refractivity contribution in [1.82, 2.24) is 5.32 Å². The SMILES string of the molecule is CCNc1ccc(C(=O)NC(C)C(C)C)cc1[N+](=O)[O-]. The molecule has 0 aliphatic heterocycles. The van der Waals surface area contributed by atoms with Gasteiger partial charge < -0.3 is 10.6 Å². The first-order valence-corrected chi connectivity index (χ1v) is 6.70. The largest absolute Gasteiger partial charge is 0.380 e. The summed E-state index contributed by atoms with van der Waals surface area (Å²) < 4.78 is 0. The summed E-state index contributed by atoms with van der Waals surface area (Å²) in [7, 11) is 0. The van der Waals surface area contributed by atoms with Crippen molar-refractivity contribution in [3.63, 3.8) is 0 Å². The van der Waals surface area contributed by atoms with Crippen molar-refractivity contribution < 1.29 is 9.72 Å². The number of amides is 1. The van der Waals surface area contributed by atoms with Crippen molar-refractivity contribution in [2.24, 2.45) is 5.92 Å². The van der Waals surface area contributed by atoms with Crippen molar-refractivity contribution in [3.05, 3.63) is 33.9 Å². The van der Waals surface area contributed by atoms with E-state index in [1.165, 1.54) is 6.07 Å². The van der Waals surface area contributed by atoms with Crippen LogP contribution in [0, 0.1) is 16.0 Å². The fourth-order valence-corrected chi connectivity index (χ4v) is 1.62. The zero-order valence-electron chi connectivity index (χ0n) is 12.3. The molecular formula is C14H21N3O3. The average Bonchev–Trinajstić information content (AvgIpc) is 2.38. The third-order valence-corrected chi connectivity index (χ3v) is 3.18. The first-order chi connectivity index (χ1) is 9.36. The highest BCUT2D eigenvalue weighted by Crippen LogP contribution is 2.25. The Morgan fingerprint density at radius 1 is 1.35 bits per heavy atom. The Kier molecular flexibility index (Phi) is 5.49. The molecule has 0 aliphatic carbocycles. The summed E-state index contributed by atoms with van der Waals surface area (Å²) in [5, 5.41) is 16.8. The Hall–Kier alpha value is -2.11. The highest BCUT2D eigenvalue weighted by Gasteiger charge is 2.18. The summed E-state index contributed by atoms with van der Waals surface area (Å²) in [6.45, 7) is 8.35. The number of carbonyl (C=O) groups excluding carboxylic acids is 1. The molecule has 0 heterocycles. The number of hydrogen-bond acceptors (Lipinski definition) is 4. The molecule has 110 valence electrons. The van der Waals surface area contributed by atoms with Crippen LogP contribution in [0.3, 0.4) is 0 Å². The Bertz CT molecular complexity index is 500. The first-order valence-electron chi connectivity index (χ1n) is 6.70. The van der Waals surface area contributed by atoms with Gasteiger partial charge in [0.25, 0.3) is 11.6 Å². The molecule has 0 radical (unpaired) electrons. The van der Waals surface area contributed by atoms with Gasteiger partial charge in [-0.05, 0) is 31.9 Å². The molecule has 1 amide bonds. The van der Waals surface area contributed by atoms with Gasteiger partial charge in [0, 0.05) is 24.2 Å². The molecule has 0 aliphatic rings. The topological polar surface area (TPSA) is 84.3 Å². The highest BCUT2D eigenvalue weighted by atomic mass is 16.6. The van der Waals surface area contributed by atoms with E-state index in [1.54, 1.807) is 12.1 Å². The van der Waals surface area contributed by atoms with Crippen LogP contribution in [0.5, 0.6) is 0 Å². The molecule has 6 nitrogen and oxygen atoms in total. The van der Waals surface area contributed by atoms with E-state index in [-0.39, 0.29) is 17.6 Å². The summed E-state index contributed by atoms with van der Waals surface area (Å²) in [6.07, 6.45) is 0. The van der Waals surface area contributed by atoms with Crippen LogP contribution in [0.2, 0.25) is 0 Å². The molecule has 6 heteroatoms. The standard InChI is InChI=1S/C14H21N3O3/c1-5-15-12-7-6-11(8-13(12)17(19)20)14(18)16-10(4)9(2)3/h6-10,15H,5H2,1-4H3,(H,16,18). The molecule has 1 unspecified atom stereocenters. The van der Waals surface area contributed by atoms with Crippen LogP contribution in [-0.2, 0) is 0 Å². The molecule has 0 aromatic heterocycles. The lowest BCUT2D eigenvalue weighted by molar-refractivity contribution is -0.384. The lowest BCUT2D eigenvalue weighted by Gasteiger charge is -2.17. The summed E-state index contributed by atoms with van der Waals surface area (Å²) in [5.74, 6) is 0.00677. The molecule has 0 bridgehead atoms. The summed E-state index contributed by atoms with van der Waals surface area (Å²) in [6, 6.07) is 4.47. The maximum Gasteiger partial charge on any atom is 0.293 e. The van der Waals surface area contributed by atoms with E-state index in [4.69, 9.17) is 0 Å². The molecule has 1 aromatic carbocycles. The molecule has 0 saturated carbocycles. The Labute approximate surface area is 118 Å². The number of rotatable bonds is 6. The van der Waals surface area contributed by atoms with Gasteiger partial charge in [-0.15, -0.1) is 0 Å². The van der Waals surface area contributed by atoms with E-state index in [1.807, 2.05) is 27.7 Å². The van der Waals surface area contributed by atoms with Crippen molar-refractivity contribution in [1.29, 1.82) is 0 Å². The Morgan fingerprint density at radius 2 is 2.00 bits per heavy atom. The van der Waals surface area contributed by atoms with Crippen molar-refractivity contribution >= 4 is 17.3 Å². The van der Waals surface area contributed by atoms with Crippen LogP contribution in [0.15, 0.2) is 18.2 Å². The van der Waals surface area contributed by atoms with Gasteiger partial charge in [0.05, 0.1) is 4.92 Å². The maximum atomic E-state index is 12.0. The van der Waals surface area contributed by atoms with Crippen LogP contribution in [0.25, 0.3) is 0 Å². The lowest BCUT2D eigenvalue weighted by atomic mass is 10.1. The normalized spacial score (nSPS) is 12.1. The van der Waals surface area contributed by atoms with Gasteiger partial charge in [0.15, 0.2) is 0 Å². The van der Waals surface area contributed by atoms with Gasteiger partial charge >= 0.3 is 0 Å². The zero-order chi connectivity index (χ0) is 15.3. The monoisotopic (exact) mass is 279 g/mol. The van der Waals surface area contributed by atoms with E-state index < -0.39 is 4.92 Å². The van der Waals surface area contributed by atoms with E-state index >= 15 is 0 Å². The number of carbonyl (C=O) groups is 1. The number of benzene rings is 1. The molecule has 0 fully saturated rings. The molecular weight excluding hydrogens is 258 g/mol. The van der Waals surface area contributed by atoms with Crippen LogP contribution in [-0.4, -0.2) is 23.4 Å². The number of nitrogens with zero attached hydrogens (tertiary/aromatic N) is 1. The Balaban J connectivity index is 2.99. The van der Waals surface area contributed by atoms with Crippen molar-refractivity contribution in [2.45, 2.75) is 33.7 Å². The van der Waals surface area contributed by atoms with Gasteiger partial charge in [-0.3, -0.25) is 14.9 Å². The summed E-state index contributed by atoms with van der Waals surface area (Å²) in [5.41, 5.74) is 0.633. The minimum atomic E-state index is -0.485. The van der Waals surface area contributed by atoms with E-state index in [0.29, 0.717) is 23.7 Å². The minimum absolute atomic E-state index is 0.00926. The fourth-order valence-electron chi connectivity index (χ4n) is 1.62. The second kappa shape index (κ2) is 6.88. The van der Waals surface area contributed by atoms with Gasteiger partial charge in [-0.1, -0.05) is 13.8 Å². The predicted molar refractivity (Wildman–Crippen MR) is 79.0 cm³/mol. The number of nitro benzene ring substituents is 1. The fraction of sp³-hybridized carbons (Fsp3) is 0.500. The van der Waals surface area contributed by atoms with E-state index in [0.717, 1.165) is 0 Å². The van der Waals surface area contributed by atoms with Gasteiger partial charge in [0.1, 0.15) is 5.69 Å². The second-order valence-electron chi connectivity index (χ2n) is 5.03. The quantitative estimate of drug-likeness (QED) is 0.619. The zero-order valence-corrected chi connectivity index (χ0v) is 12.3. The second-order valence-corrected chi connectivity index (χ2v) is 5.03. The lowest BCUT2D eigenvalue weighted by Crippen LogP contribution is -2.36. The predicted octanol–water partition coefficient (Wildman–Crippen LogP) is 2.80. The van der Waals surface area contributed by atoms with E-state index in [9.17, 15) is 14.9 Å². The molecule has 20 heavy (non-hydrogen) atoms. The molecule has 0 saturated heterocycles. The van der Waals surface area contributed by atoms with Crippen LogP contribution in [0.1, 0.15) is 38.1 Å². The van der Waals surface area contributed by atoms with Crippen molar-refractivity contribution in [3.8, 4) is 0 Å². The van der Waals surface area contributed by atoms with Gasteiger partial charge in [-0.2, -0.15) is 0 Å². The minimum Gasteiger partial charge on any atom is -0.380 e. The number of nitro groups is 1. The summed E-state index contributed by atoms with van der Waals surface area (Å²) >= 11 is 0. The molecule has 1 rings (SSSR count). The average molecular weight is 279 g/mol. The number of hydrogen-bond donors (Lipinski definition) is 2. The molecule has 0 spiro atoms. The molecule has 1 atom stereocenters. The smallest absolute Gasteiger partial charge is 0.293 e. The van der Waals surface area contributed by atoms with Crippen LogP contribution < -0.4 is 10.6 Å². The molecule has 1 aromatic rings. The summed E-state index contributed by atoms with van der Waals surface area (Å²) in [4.78, 5) is 22.6. The van der Waals surface area contributed by atoms with Crippen LogP contribution in [0.4, 0.5) is 11.4 Å². The van der Waals surface area contributed by atoms with Crippen molar-refractivity contribution in [2.75, 3.05) is 11.9 Å². The Morgan fingerprint density at radius 3 is 2.50 bits per heavy atom. The first kappa shape index (κ1) is 15.9. The molecule has 2 N–H and O–H groups in total. The maximum absolute atomic E-state index is 12.0. The number of nitrogens with one attached hydrogen (secondary N) is 2. The number of anilines is 1. The van der Waals surface area contributed by atoms with E-state index in [2.05, 4.69) is 10.6 Å². The third-order valence-electron chi connectivity index (χ3n) is 3.18.